The maximum absolute atomic E-state index is 11.4. The fourth-order valence-corrected chi connectivity index (χ4v) is 2.32. The van der Waals surface area contributed by atoms with Gasteiger partial charge in [0.2, 0.25) is 0 Å². The molecule has 0 aromatic carbocycles. The fourth-order valence-electron chi connectivity index (χ4n) is 2.32. The third-order valence-electron chi connectivity index (χ3n) is 3.95. The average Bonchev–Trinajstić information content (AvgIpc) is 3.00. The van der Waals surface area contributed by atoms with E-state index in [2.05, 4.69) is 5.32 Å². The number of carbonyl (C=O) groups excluding carboxylic acids is 2. The van der Waals surface area contributed by atoms with E-state index in [-0.39, 0.29) is 30.9 Å². The Morgan fingerprint density at radius 2 is 1.31 bits per heavy atom. The Kier molecular flexibility index (Phi) is 14.5. The van der Waals surface area contributed by atoms with Gasteiger partial charge in [0.25, 0.3) is 11.8 Å². The van der Waals surface area contributed by atoms with Crippen LogP contribution < -0.4 is 5.32 Å². The van der Waals surface area contributed by atoms with E-state index in [1.54, 1.807) is 6.92 Å². The lowest BCUT2D eigenvalue weighted by atomic mass is 10.3. The Bertz CT molecular complexity index is 469. The van der Waals surface area contributed by atoms with Gasteiger partial charge in [-0.2, -0.15) is 0 Å². The van der Waals surface area contributed by atoms with Crippen LogP contribution in [0.15, 0.2) is 12.2 Å². The highest BCUT2D eigenvalue weighted by atomic mass is 16.6. The van der Waals surface area contributed by atoms with Crippen LogP contribution in [0.5, 0.6) is 0 Å². The molecule has 2 unspecified atom stereocenters. The number of ether oxygens (including phenoxy) is 4. The summed E-state index contributed by atoms with van der Waals surface area (Å²) in [6.07, 6.45) is 2.16. The monoisotopic (exact) mass is 418 g/mol. The van der Waals surface area contributed by atoms with Crippen molar-refractivity contribution in [3.8, 4) is 0 Å². The highest BCUT2D eigenvalue weighted by Crippen LogP contribution is 2.04. The predicted octanol–water partition coefficient (Wildman–Crippen LogP) is -0.953. The highest BCUT2D eigenvalue weighted by molar-refractivity contribution is 6.12. The number of hydrogen-bond acceptors (Lipinski definition) is 9. The lowest BCUT2D eigenvalue weighted by Gasteiger charge is -2.17. The summed E-state index contributed by atoms with van der Waals surface area (Å²) in [4.78, 5) is 23.8. The number of nitrogens with zero attached hydrogens (tertiary/aromatic N) is 1. The molecule has 0 aliphatic carbocycles. The maximum Gasteiger partial charge on any atom is 0.253 e. The van der Waals surface area contributed by atoms with Gasteiger partial charge in [0.05, 0.1) is 52.4 Å². The van der Waals surface area contributed by atoms with Gasteiger partial charge in [0, 0.05) is 38.3 Å². The fraction of sp³-hybridized carbons (Fsp3) is 0.789. The van der Waals surface area contributed by atoms with Crippen LogP contribution in [0.4, 0.5) is 0 Å². The zero-order valence-corrected chi connectivity index (χ0v) is 17.1. The number of rotatable bonds is 19. The molecule has 29 heavy (non-hydrogen) atoms. The quantitative estimate of drug-likeness (QED) is 0.138. The van der Waals surface area contributed by atoms with Crippen LogP contribution in [-0.4, -0.2) is 105 Å². The topological polar surface area (TPSA) is 127 Å². The van der Waals surface area contributed by atoms with Gasteiger partial charge in [0.1, 0.15) is 6.23 Å². The van der Waals surface area contributed by atoms with Gasteiger partial charge in [-0.15, -0.1) is 0 Å². The second kappa shape index (κ2) is 16.4. The molecule has 1 heterocycles. The first-order valence-corrected chi connectivity index (χ1v) is 9.94. The number of carbonyl (C=O) groups is 2. The molecule has 10 nitrogen and oxygen atoms in total. The maximum atomic E-state index is 11.4. The summed E-state index contributed by atoms with van der Waals surface area (Å²) >= 11 is 0. The standard InChI is InChI=1S/C19H34N2O8/c1-16(22)5-8-26-10-12-28-14-15-29-13-11-27-9-6-20-17(23)4-7-21-18(24)2-3-19(21)25/h2-3,16-17,20,22-23H,4-15H2,1H3. The zero-order chi connectivity index (χ0) is 21.3. The van der Waals surface area contributed by atoms with E-state index in [9.17, 15) is 14.7 Å². The lowest BCUT2D eigenvalue weighted by molar-refractivity contribution is -0.137. The summed E-state index contributed by atoms with van der Waals surface area (Å²) in [5.74, 6) is -0.700. The molecule has 0 spiro atoms. The van der Waals surface area contributed by atoms with E-state index in [0.717, 1.165) is 4.90 Å². The van der Waals surface area contributed by atoms with Crippen molar-refractivity contribution < 1.29 is 38.7 Å². The van der Waals surface area contributed by atoms with Crippen molar-refractivity contribution in [2.75, 3.05) is 65.9 Å². The Labute approximate surface area is 171 Å². The second-order valence-electron chi connectivity index (χ2n) is 6.51. The van der Waals surface area contributed by atoms with Crippen LogP contribution in [0.25, 0.3) is 0 Å². The SMILES string of the molecule is CC(O)CCOCCOCCOCCOCCNC(O)CCN1C(=O)C=CC1=O. The largest absolute Gasteiger partial charge is 0.393 e. The molecule has 0 aromatic heterocycles. The summed E-state index contributed by atoms with van der Waals surface area (Å²) in [5, 5.41) is 21.7. The second-order valence-corrected chi connectivity index (χ2v) is 6.51. The van der Waals surface area contributed by atoms with Crippen molar-refractivity contribution in [2.24, 2.45) is 0 Å². The lowest BCUT2D eigenvalue weighted by Crippen LogP contribution is -2.38. The molecule has 168 valence electrons. The van der Waals surface area contributed by atoms with E-state index < -0.39 is 6.23 Å². The molecule has 10 heteroatoms. The van der Waals surface area contributed by atoms with E-state index in [4.69, 9.17) is 24.1 Å². The average molecular weight is 418 g/mol. The highest BCUT2D eigenvalue weighted by Gasteiger charge is 2.23. The molecule has 2 amide bonds. The van der Waals surface area contributed by atoms with Gasteiger partial charge in [-0.25, -0.2) is 0 Å². The molecule has 0 fully saturated rings. The van der Waals surface area contributed by atoms with Gasteiger partial charge in [0.15, 0.2) is 0 Å². The summed E-state index contributed by atoms with van der Waals surface area (Å²) in [5.41, 5.74) is 0. The molecular weight excluding hydrogens is 384 g/mol. The molecule has 2 atom stereocenters. The number of aliphatic hydroxyl groups excluding tert-OH is 2. The Morgan fingerprint density at radius 1 is 0.828 bits per heavy atom. The summed E-state index contributed by atoms with van der Waals surface area (Å²) < 4.78 is 21.4. The molecule has 0 radical (unpaired) electrons. The molecule has 1 aliphatic heterocycles. The summed E-state index contributed by atoms with van der Waals surface area (Å²) in [6.45, 7) is 6.08. The molecule has 1 rings (SSSR count). The Morgan fingerprint density at radius 3 is 1.83 bits per heavy atom. The van der Waals surface area contributed by atoms with E-state index in [1.165, 1.54) is 12.2 Å². The van der Waals surface area contributed by atoms with E-state index >= 15 is 0 Å². The smallest absolute Gasteiger partial charge is 0.253 e. The van der Waals surface area contributed by atoms with Crippen molar-refractivity contribution in [3.63, 3.8) is 0 Å². The van der Waals surface area contributed by atoms with Gasteiger partial charge >= 0.3 is 0 Å². The van der Waals surface area contributed by atoms with Crippen molar-refractivity contribution in [2.45, 2.75) is 32.1 Å². The first-order valence-electron chi connectivity index (χ1n) is 9.94. The van der Waals surface area contributed by atoms with Crippen LogP contribution in [-0.2, 0) is 28.5 Å². The first-order chi connectivity index (χ1) is 14.0. The number of hydrogen-bond donors (Lipinski definition) is 3. The molecule has 0 saturated heterocycles. The minimum atomic E-state index is -0.816. The minimum absolute atomic E-state index is 0.170. The van der Waals surface area contributed by atoms with Gasteiger partial charge in [-0.05, 0) is 13.3 Å². The number of imide groups is 1. The van der Waals surface area contributed by atoms with Crippen molar-refractivity contribution in [1.82, 2.24) is 10.2 Å². The van der Waals surface area contributed by atoms with Gasteiger partial charge in [-0.3, -0.25) is 19.8 Å². The molecule has 3 N–H and O–H groups in total. The van der Waals surface area contributed by atoms with Crippen LogP contribution >= 0.6 is 0 Å². The van der Waals surface area contributed by atoms with Gasteiger partial charge in [-0.1, -0.05) is 0 Å². The van der Waals surface area contributed by atoms with Crippen molar-refractivity contribution in [3.05, 3.63) is 12.2 Å². The van der Waals surface area contributed by atoms with Crippen LogP contribution in [0.1, 0.15) is 19.8 Å². The minimum Gasteiger partial charge on any atom is -0.393 e. The molecular formula is C19H34N2O8. The summed E-state index contributed by atoms with van der Waals surface area (Å²) in [6, 6.07) is 0. The van der Waals surface area contributed by atoms with Crippen molar-refractivity contribution >= 4 is 11.8 Å². The number of aliphatic hydroxyl groups is 2. The Balaban J connectivity index is 1.78. The van der Waals surface area contributed by atoms with Crippen LogP contribution in [0.2, 0.25) is 0 Å². The van der Waals surface area contributed by atoms with Crippen molar-refractivity contribution in [1.29, 1.82) is 0 Å². The molecule has 0 saturated carbocycles. The molecule has 0 bridgehead atoms. The van der Waals surface area contributed by atoms with E-state index in [1.807, 2.05) is 0 Å². The Hall–Kier alpha value is -1.40. The number of nitrogens with one attached hydrogen (secondary N) is 1. The first kappa shape index (κ1) is 25.6. The summed E-state index contributed by atoms with van der Waals surface area (Å²) in [7, 11) is 0. The van der Waals surface area contributed by atoms with Crippen LogP contribution in [0.3, 0.4) is 0 Å². The third kappa shape index (κ3) is 13.4. The predicted molar refractivity (Wildman–Crippen MR) is 104 cm³/mol. The third-order valence-corrected chi connectivity index (χ3v) is 3.95. The van der Waals surface area contributed by atoms with E-state index in [0.29, 0.717) is 65.8 Å². The zero-order valence-electron chi connectivity index (χ0n) is 17.1. The molecule has 1 aliphatic rings. The molecule has 0 aromatic rings. The van der Waals surface area contributed by atoms with Gasteiger partial charge < -0.3 is 29.2 Å². The number of amides is 2. The van der Waals surface area contributed by atoms with Crippen LogP contribution in [0, 0.1) is 0 Å². The normalized spacial score (nSPS) is 16.0.